The highest BCUT2D eigenvalue weighted by molar-refractivity contribution is 7.14. The van der Waals surface area contributed by atoms with E-state index in [9.17, 15) is 4.79 Å². The highest BCUT2D eigenvalue weighted by Crippen LogP contribution is 2.29. The molecule has 6 heteroatoms. The Bertz CT molecular complexity index is 927. The summed E-state index contributed by atoms with van der Waals surface area (Å²) in [5.41, 5.74) is 3.17. The predicted octanol–water partition coefficient (Wildman–Crippen LogP) is 5.55. The highest BCUT2D eigenvalue weighted by atomic mass is 32.1. The minimum Gasteiger partial charge on any atom is -0.497 e. The van der Waals surface area contributed by atoms with Gasteiger partial charge in [0, 0.05) is 33.8 Å². The minimum absolute atomic E-state index is 0.00585. The standard InChI is InChI=1S/C21H23N3O2S/c1-21(2,3)19(25)22-15-10-8-14(9-11-15)18-13-27-20(24-18)23-16-6-5-7-17(12-16)26-4/h5-13H,1-4H3,(H,22,25)(H,23,24). The molecule has 0 saturated carbocycles. The Labute approximate surface area is 163 Å². The molecule has 0 atom stereocenters. The lowest BCUT2D eigenvalue weighted by Gasteiger charge is -2.17. The van der Waals surface area contributed by atoms with Gasteiger partial charge >= 0.3 is 0 Å². The maximum atomic E-state index is 12.1. The van der Waals surface area contributed by atoms with Crippen LogP contribution in [-0.4, -0.2) is 18.0 Å². The molecule has 27 heavy (non-hydrogen) atoms. The third kappa shape index (κ3) is 4.86. The van der Waals surface area contributed by atoms with Crippen LogP contribution in [0.4, 0.5) is 16.5 Å². The molecule has 0 spiro atoms. The van der Waals surface area contributed by atoms with Crippen LogP contribution in [-0.2, 0) is 4.79 Å². The average Bonchev–Trinajstić information content (AvgIpc) is 3.10. The SMILES string of the molecule is COc1cccc(Nc2nc(-c3ccc(NC(=O)C(C)(C)C)cc3)cs2)c1. The van der Waals surface area contributed by atoms with Crippen molar-refractivity contribution >= 4 is 33.8 Å². The number of carbonyl (C=O) groups excluding carboxylic acids is 1. The molecule has 0 saturated heterocycles. The molecule has 2 N–H and O–H groups in total. The molecule has 0 radical (unpaired) electrons. The van der Waals surface area contributed by atoms with Crippen molar-refractivity contribution in [2.75, 3.05) is 17.7 Å². The van der Waals surface area contributed by atoms with Crippen LogP contribution in [0.2, 0.25) is 0 Å². The van der Waals surface area contributed by atoms with Gasteiger partial charge in [-0.2, -0.15) is 0 Å². The molecule has 140 valence electrons. The van der Waals surface area contributed by atoms with E-state index >= 15 is 0 Å². The maximum Gasteiger partial charge on any atom is 0.229 e. The number of anilines is 3. The molecule has 3 rings (SSSR count). The van der Waals surface area contributed by atoms with Crippen LogP contribution in [0, 0.1) is 5.41 Å². The summed E-state index contributed by atoms with van der Waals surface area (Å²) in [5, 5.41) is 9.04. The Kier molecular flexibility index (Phi) is 5.46. The molecule has 0 aliphatic rings. The van der Waals surface area contributed by atoms with Gasteiger partial charge in [-0.3, -0.25) is 4.79 Å². The largest absolute Gasteiger partial charge is 0.497 e. The van der Waals surface area contributed by atoms with E-state index in [0.29, 0.717) is 0 Å². The highest BCUT2D eigenvalue weighted by Gasteiger charge is 2.21. The van der Waals surface area contributed by atoms with Crippen molar-refractivity contribution in [1.82, 2.24) is 4.98 Å². The number of amides is 1. The number of hydrogen-bond donors (Lipinski definition) is 2. The topological polar surface area (TPSA) is 63.2 Å². The van der Waals surface area contributed by atoms with Gasteiger partial charge in [0.25, 0.3) is 0 Å². The minimum atomic E-state index is -0.422. The quantitative estimate of drug-likeness (QED) is 0.608. The van der Waals surface area contributed by atoms with Gasteiger partial charge in [-0.1, -0.05) is 39.0 Å². The number of thiazole rings is 1. The lowest BCUT2D eigenvalue weighted by molar-refractivity contribution is -0.123. The van der Waals surface area contributed by atoms with Crippen LogP contribution in [0.1, 0.15) is 20.8 Å². The van der Waals surface area contributed by atoms with Crippen molar-refractivity contribution in [3.8, 4) is 17.0 Å². The van der Waals surface area contributed by atoms with Crippen molar-refractivity contribution in [2.45, 2.75) is 20.8 Å². The Balaban J connectivity index is 1.70. The van der Waals surface area contributed by atoms with Crippen molar-refractivity contribution in [3.05, 3.63) is 53.9 Å². The van der Waals surface area contributed by atoms with Crippen LogP contribution in [0.25, 0.3) is 11.3 Å². The molecular formula is C21H23N3O2S. The molecule has 3 aromatic rings. The molecule has 1 heterocycles. The van der Waals surface area contributed by atoms with Crippen LogP contribution < -0.4 is 15.4 Å². The lowest BCUT2D eigenvalue weighted by atomic mass is 9.95. The van der Waals surface area contributed by atoms with Crippen LogP contribution in [0.3, 0.4) is 0 Å². The number of rotatable bonds is 5. The van der Waals surface area contributed by atoms with Gasteiger partial charge in [0.1, 0.15) is 5.75 Å². The average molecular weight is 382 g/mol. The number of nitrogens with zero attached hydrogens (tertiary/aromatic N) is 1. The molecule has 1 amide bonds. The first-order valence-corrected chi connectivity index (χ1v) is 9.51. The summed E-state index contributed by atoms with van der Waals surface area (Å²) < 4.78 is 5.24. The number of aromatic nitrogens is 1. The van der Waals surface area contributed by atoms with Crippen molar-refractivity contribution in [3.63, 3.8) is 0 Å². The normalized spacial score (nSPS) is 11.1. The van der Waals surface area contributed by atoms with Gasteiger partial charge in [0.2, 0.25) is 5.91 Å². The van der Waals surface area contributed by atoms with E-state index in [0.717, 1.165) is 33.5 Å². The number of hydrogen-bond acceptors (Lipinski definition) is 5. The Hall–Kier alpha value is -2.86. The van der Waals surface area contributed by atoms with E-state index in [4.69, 9.17) is 4.74 Å². The first-order valence-electron chi connectivity index (χ1n) is 8.63. The first-order chi connectivity index (χ1) is 12.8. The van der Waals surface area contributed by atoms with E-state index in [1.165, 1.54) is 11.3 Å². The van der Waals surface area contributed by atoms with Crippen LogP contribution >= 0.6 is 11.3 Å². The smallest absolute Gasteiger partial charge is 0.229 e. The Morgan fingerprint density at radius 3 is 2.48 bits per heavy atom. The molecule has 0 unspecified atom stereocenters. The van der Waals surface area contributed by atoms with Crippen molar-refractivity contribution < 1.29 is 9.53 Å². The van der Waals surface area contributed by atoms with E-state index in [1.54, 1.807) is 7.11 Å². The molecule has 0 aliphatic heterocycles. The number of methoxy groups -OCH3 is 1. The second kappa shape index (κ2) is 7.80. The Morgan fingerprint density at radius 1 is 1.07 bits per heavy atom. The van der Waals surface area contributed by atoms with E-state index < -0.39 is 5.41 Å². The summed E-state index contributed by atoms with van der Waals surface area (Å²) in [6, 6.07) is 15.4. The lowest BCUT2D eigenvalue weighted by Crippen LogP contribution is -2.27. The molecule has 0 aliphatic carbocycles. The Morgan fingerprint density at radius 2 is 1.81 bits per heavy atom. The monoisotopic (exact) mass is 381 g/mol. The summed E-state index contributed by atoms with van der Waals surface area (Å²) in [6.45, 7) is 5.68. The molecule has 2 aromatic carbocycles. The van der Waals surface area contributed by atoms with Crippen molar-refractivity contribution in [2.24, 2.45) is 5.41 Å². The summed E-state index contributed by atoms with van der Waals surface area (Å²) in [4.78, 5) is 16.7. The molecular weight excluding hydrogens is 358 g/mol. The van der Waals surface area contributed by atoms with Gasteiger partial charge in [-0.05, 0) is 24.3 Å². The predicted molar refractivity (Wildman–Crippen MR) is 112 cm³/mol. The fourth-order valence-corrected chi connectivity index (χ4v) is 3.07. The van der Waals surface area contributed by atoms with Gasteiger partial charge in [-0.15, -0.1) is 11.3 Å². The van der Waals surface area contributed by atoms with E-state index in [1.807, 2.05) is 74.7 Å². The zero-order valence-electron chi connectivity index (χ0n) is 15.9. The molecule has 0 fully saturated rings. The van der Waals surface area contributed by atoms with Gasteiger partial charge in [-0.25, -0.2) is 4.98 Å². The zero-order chi connectivity index (χ0) is 19.4. The first kappa shape index (κ1) is 18.9. The molecule has 5 nitrogen and oxygen atoms in total. The third-order valence-electron chi connectivity index (χ3n) is 3.94. The molecule has 1 aromatic heterocycles. The van der Waals surface area contributed by atoms with Crippen LogP contribution in [0.15, 0.2) is 53.9 Å². The number of ether oxygens (including phenoxy) is 1. The van der Waals surface area contributed by atoms with Gasteiger partial charge in [0.15, 0.2) is 5.13 Å². The fraction of sp³-hybridized carbons (Fsp3) is 0.238. The fourth-order valence-electron chi connectivity index (χ4n) is 2.33. The molecule has 0 bridgehead atoms. The van der Waals surface area contributed by atoms with E-state index in [-0.39, 0.29) is 5.91 Å². The number of nitrogens with one attached hydrogen (secondary N) is 2. The summed E-state index contributed by atoms with van der Waals surface area (Å²) in [6.07, 6.45) is 0. The zero-order valence-corrected chi connectivity index (χ0v) is 16.7. The number of benzene rings is 2. The van der Waals surface area contributed by atoms with E-state index in [2.05, 4.69) is 15.6 Å². The van der Waals surface area contributed by atoms with Crippen LogP contribution in [0.5, 0.6) is 5.75 Å². The third-order valence-corrected chi connectivity index (χ3v) is 4.70. The second-order valence-corrected chi connectivity index (χ2v) is 8.03. The summed E-state index contributed by atoms with van der Waals surface area (Å²) in [7, 11) is 1.65. The van der Waals surface area contributed by atoms with Crippen molar-refractivity contribution in [1.29, 1.82) is 0 Å². The second-order valence-electron chi connectivity index (χ2n) is 7.18. The van der Waals surface area contributed by atoms with Gasteiger partial charge in [0.05, 0.1) is 12.8 Å². The summed E-state index contributed by atoms with van der Waals surface area (Å²) in [5.74, 6) is 0.790. The van der Waals surface area contributed by atoms with Gasteiger partial charge < -0.3 is 15.4 Å². The number of carbonyl (C=O) groups is 1. The summed E-state index contributed by atoms with van der Waals surface area (Å²) >= 11 is 1.54. The maximum absolute atomic E-state index is 12.1.